The summed E-state index contributed by atoms with van der Waals surface area (Å²) in [6.45, 7) is 2.05. The van der Waals surface area contributed by atoms with E-state index in [1.807, 2.05) is 48.8 Å². The molecule has 21 heavy (non-hydrogen) atoms. The Balaban J connectivity index is 2.01. The van der Waals surface area contributed by atoms with Crippen LogP contribution in [0.1, 0.15) is 22.4 Å². The molecule has 1 aromatic carbocycles. The van der Waals surface area contributed by atoms with Crippen LogP contribution < -0.4 is 5.73 Å². The van der Waals surface area contributed by atoms with Gasteiger partial charge >= 0.3 is 0 Å². The number of amidine groups is 1. The summed E-state index contributed by atoms with van der Waals surface area (Å²) in [5, 5.41) is 11.8. The van der Waals surface area contributed by atoms with Gasteiger partial charge in [-0.25, -0.2) is 4.98 Å². The van der Waals surface area contributed by atoms with Crippen LogP contribution in [0.3, 0.4) is 0 Å². The lowest BCUT2D eigenvalue weighted by Crippen LogP contribution is -2.13. The first kappa shape index (κ1) is 13.2. The summed E-state index contributed by atoms with van der Waals surface area (Å²) in [5.41, 5.74) is 10.7. The third kappa shape index (κ3) is 2.45. The zero-order valence-electron chi connectivity index (χ0n) is 11.7. The van der Waals surface area contributed by atoms with Crippen molar-refractivity contribution in [2.24, 2.45) is 10.9 Å². The molecule has 2 heterocycles. The van der Waals surface area contributed by atoms with Crippen molar-refractivity contribution in [3.8, 4) is 0 Å². The van der Waals surface area contributed by atoms with Crippen molar-refractivity contribution in [2.75, 3.05) is 0 Å². The van der Waals surface area contributed by atoms with Gasteiger partial charge in [-0.05, 0) is 36.2 Å². The van der Waals surface area contributed by atoms with E-state index in [4.69, 9.17) is 10.9 Å². The predicted molar refractivity (Wildman–Crippen MR) is 81.7 cm³/mol. The summed E-state index contributed by atoms with van der Waals surface area (Å²) in [7, 11) is 0. The quantitative estimate of drug-likeness (QED) is 0.334. The maximum Gasteiger partial charge on any atom is 0.170 e. The fourth-order valence-corrected chi connectivity index (χ4v) is 2.39. The summed E-state index contributed by atoms with van der Waals surface area (Å²) < 4.78 is 2.07. The van der Waals surface area contributed by atoms with Crippen molar-refractivity contribution in [1.29, 1.82) is 0 Å². The van der Waals surface area contributed by atoms with Crippen LogP contribution >= 0.6 is 0 Å². The Labute approximate surface area is 122 Å². The van der Waals surface area contributed by atoms with E-state index in [2.05, 4.69) is 21.5 Å². The monoisotopic (exact) mass is 280 g/mol. The average molecular weight is 280 g/mol. The second-order valence-electron chi connectivity index (χ2n) is 4.98. The van der Waals surface area contributed by atoms with Gasteiger partial charge in [0, 0.05) is 30.1 Å². The summed E-state index contributed by atoms with van der Waals surface area (Å²) in [4.78, 5) is 4.39. The molecule has 0 atom stereocenters. The number of benzene rings is 1. The van der Waals surface area contributed by atoms with Gasteiger partial charge in [-0.2, -0.15) is 0 Å². The molecule has 5 nitrogen and oxygen atoms in total. The highest BCUT2D eigenvalue weighted by atomic mass is 16.4. The molecule has 0 spiro atoms. The molecular formula is C16H16N4O. The van der Waals surface area contributed by atoms with Gasteiger partial charge in [0.05, 0.1) is 0 Å². The van der Waals surface area contributed by atoms with Crippen LogP contribution in [0.25, 0.3) is 5.65 Å². The molecule has 106 valence electrons. The molecule has 3 N–H and O–H groups in total. The third-order valence-electron chi connectivity index (χ3n) is 3.62. The molecular weight excluding hydrogens is 264 g/mol. The number of nitrogens with two attached hydrogens (primary N) is 1. The van der Waals surface area contributed by atoms with Crippen molar-refractivity contribution in [2.45, 2.75) is 13.3 Å². The third-order valence-corrected chi connectivity index (χ3v) is 3.62. The smallest absolute Gasteiger partial charge is 0.170 e. The van der Waals surface area contributed by atoms with Gasteiger partial charge in [-0.1, -0.05) is 23.4 Å². The first-order valence-electron chi connectivity index (χ1n) is 6.67. The number of hydrogen-bond donors (Lipinski definition) is 2. The van der Waals surface area contributed by atoms with Crippen LogP contribution in [0.2, 0.25) is 0 Å². The van der Waals surface area contributed by atoms with Crippen molar-refractivity contribution in [3.05, 3.63) is 71.2 Å². The van der Waals surface area contributed by atoms with Crippen LogP contribution in [0.5, 0.6) is 0 Å². The highest BCUT2D eigenvalue weighted by Gasteiger charge is 2.08. The maximum atomic E-state index is 8.80. The molecule has 0 fully saturated rings. The fraction of sp³-hybridized carbons (Fsp3) is 0.125. The van der Waals surface area contributed by atoms with Gasteiger partial charge in [0.25, 0.3) is 0 Å². The minimum atomic E-state index is 0.120. The molecule has 3 aromatic rings. The first-order chi connectivity index (χ1) is 10.2. The van der Waals surface area contributed by atoms with E-state index in [9.17, 15) is 0 Å². The van der Waals surface area contributed by atoms with Crippen LogP contribution in [0, 0.1) is 6.92 Å². The minimum absolute atomic E-state index is 0.120. The Bertz CT molecular complexity index is 820. The molecule has 0 unspecified atom stereocenters. The highest BCUT2D eigenvalue weighted by Crippen LogP contribution is 2.17. The average Bonchev–Trinajstić information content (AvgIpc) is 2.92. The number of hydrogen-bond acceptors (Lipinski definition) is 3. The number of nitrogens with zero attached hydrogens (tertiary/aromatic N) is 3. The molecule has 0 aliphatic carbocycles. The van der Waals surface area contributed by atoms with Crippen molar-refractivity contribution >= 4 is 11.5 Å². The molecule has 3 rings (SSSR count). The number of oxime groups is 1. The minimum Gasteiger partial charge on any atom is -0.409 e. The fourth-order valence-electron chi connectivity index (χ4n) is 2.39. The predicted octanol–water partition coefficient (Wildman–Crippen LogP) is 2.33. The summed E-state index contributed by atoms with van der Waals surface area (Å²) in [5.74, 6) is 0.120. The molecule has 2 aromatic heterocycles. The van der Waals surface area contributed by atoms with Crippen molar-refractivity contribution < 1.29 is 5.21 Å². The van der Waals surface area contributed by atoms with Gasteiger partial charge in [0.15, 0.2) is 5.84 Å². The molecule has 0 amide bonds. The van der Waals surface area contributed by atoms with E-state index in [0.29, 0.717) is 5.56 Å². The molecule has 0 radical (unpaired) electrons. The van der Waals surface area contributed by atoms with E-state index in [1.165, 1.54) is 0 Å². The second-order valence-corrected chi connectivity index (χ2v) is 4.98. The van der Waals surface area contributed by atoms with E-state index >= 15 is 0 Å². The highest BCUT2D eigenvalue weighted by molar-refractivity contribution is 5.97. The second kappa shape index (κ2) is 5.28. The van der Waals surface area contributed by atoms with Crippen LogP contribution in [0.15, 0.2) is 53.9 Å². The Morgan fingerprint density at radius 1 is 1.33 bits per heavy atom. The Hall–Kier alpha value is -2.82. The lowest BCUT2D eigenvalue weighted by atomic mass is 10.0. The largest absolute Gasteiger partial charge is 0.409 e. The molecule has 5 heteroatoms. The van der Waals surface area contributed by atoms with Crippen molar-refractivity contribution in [3.63, 3.8) is 0 Å². The lowest BCUT2D eigenvalue weighted by Gasteiger charge is -2.08. The van der Waals surface area contributed by atoms with Gasteiger partial charge < -0.3 is 15.3 Å². The molecule has 0 aliphatic rings. The molecule has 0 aliphatic heterocycles. The first-order valence-corrected chi connectivity index (χ1v) is 6.67. The number of imidazole rings is 1. The Kier molecular flexibility index (Phi) is 3.31. The number of aryl methyl sites for hydroxylation is 1. The summed E-state index contributed by atoms with van der Waals surface area (Å²) in [6, 6.07) is 11.7. The van der Waals surface area contributed by atoms with Crippen LogP contribution in [-0.4, -0.2) is 20.4 Å². The Morgan fingerprint density at radius 2 is 2.19 bits per heavy atom. The van der Waals surface area contributed by atoms with E-state index < -0.39 is 0 Å². The van der Waals surface area contributed by atoms with Crippen molar-refractivity contribution in [1.82, 2.24) is 9.38 Å². The standard InChI is InChI=1S/C16H16N4O/c1-11-5-6-12(16(17)19-21)8-13(11)9-14-10-18-15-4-2-3-7-20(14)15/h2-8,10,21H,9H2,1H3,(H2,17,19). The van der Waals surface area contributed by atoms with E-state index in [-0.39, 0.29) is 5.84 Å². The summed E-state index contributed by atoms with van der Waals surface area (Å²) in [6.07, 6.45) is 4.62. The molecule has 0 saturated carbocycles. The molecule has 0 saturated heterocycles. The van der Waals surface area contributed by atoms with Crippen LogP contribution in [0.4, 0.5) is 0 Å². The zero-order chi connectivity index (χ0) is 14.8. The normalized spacial score (nSPS) is 12.0. The SMILES string of the molecule is Cc1ccc(C(N)=NO)cc1Cc1cnc2ccccn12. The topological polar surface area (TPSA) is 75.9 Å². The summed E-state index contributed by atoms with van der Waals surface area (Å²) >= 11 is 0. The maximum absolute atomic E-state index is 8.80. The van der Waals surface area contributed by atoms with Gasteiger partial charge in [0.2, 0.25) is 0 Å². The van der Waals surface area contributed by atoms with Gasteiger partial charge in [-0.3, -0.25) is 0 Å². The lowest BCUT2D eigenvalue weighted by molar-refractivity contribution is 0.318. The van der Waals surface area contributed by atoms with E-state index in [1.54, 1.807) is 0 Å². The molecule has 0 bridgehead atoms. The number of pyridine rings is 1. The number of aromatic nitrogens is 2. The van der Waals surface area contributed by atoms with E-state index in [0.717, 1.165) is 28.9 Å². The number of fused-ring (bicyclic) bond motifs is 1. The van der Waals surface area contributed by atoms with Gasteiger partial charge in [0.1, 0.15) is 5.65 Å². The number of rotatable bonds is 3. The Morgan fingerprint density at radius 3 is 3.00 bits per heavy atom. The van der Waals surface area contributed by atoms with Crippen LogP contribution in [-0.2, 0) is 6.42 Å². The zero-order valence-corrected chi connectivity index (χ0v) is 11.7. The van der Waals surface area contributed by atoms with Gasteiger partial charge in [-0.15, -0.1) is 0 Å².